The highest BCUT2D eigenvalue weighted by Crippen LogP contribution is 2.67. The molecule has 0 aromatic carbocycles. The van der Waals surface area contributed by atoms with Crippen molar-refractivity contribution in [2.45, 2.75) is 285 Å². The van der Waals surface area contributed by atoms with E-state index in [1.54, 1.807) is 6.92 Å². The second kappa shape index (κ2) is 25.6. The Morgan fingerprint density at radius 1 is 0.631 bits per heavy atom. The monoisotopic (exact) mass is 1230 g/mol. The first-order valence-corrected chi connectivity index (χ1v) is 30.9. The average molecular weight is 1230 g/mol. The maximum absolute atomic E-state index is 12.4. The van der Waals surface area contributed by atoms with E-state index in [9.17, 15) is 79.4 Å². The Hall–Kier alpha value is -1.57. The Morgan fingerprint density at radius 3 is 1.71 bits per heavy atom. The Kier molecular flexibility index (Phi) is 20.4. The summed E-state index contributed by atoms with van der Waals surface area (Å²) in [5, 5.41) is 147. The van der Waals surface area contributed by atoms with E-state index >= 15 is 0 Å². The molecule has 5 saturated heterocycles. The molecule has 0 aromatic rings. The molecule has 0 spiro atoms. The lowest BCUT2D eigenvalue weighted by atomic mass is 9.47. The first-order chi connectivity index (χ1) is 39.2. The van der Waals surface area contributed by atoms with Gasteiger partial charge in [-0.1, -0.05) is 37.1 Å². The van der Waals surface area contributed by atoms with Gasteiger partial charge in [0, 0.05) is 0 Å². The fraction of sp³-hybridized carbons (Fsp3) is 0.929. The van der Waals surface area contributed by atoms with Crippen molar-refractivity contribution < 1.29 is 131 Å². The smallest absolute Gasteiger partial charge is 0.390 e. The van der Waals surface area contributed by atoms with Crippen LogP contribution in [0.5, 0.6) is 0 Å². The van der Waals surface area contributed by atoms with Crippen LogP contribution in [0.3, 0.4) is 0 Å². The summed E-state index contributed by atoms with van der Waals surface area (Å²) in [6.07, 6.45) is -34.5. The zero-order valence-corrected chi connectivity index (χ0v) is 49.7. The molecule has 5 aliphatic heterocycles. The van der Waals surface area contributed by atoms with E-state index in [4.69, 9.17) is 51.6 Å². The summed E-state index contributed by atoms with van der Waals surface area (Å²) in [5.74, 6) is -0.954. The zero-order chi connectivity index (χ0) is 61.6. The molecule has 9 rings (SSSR count). The standard InChI is InChI=1S/C56H92O27S/c1-21(2)10-13-34(57)56(9,69)33-12-11-28-27-19-31(30-18-26(83-84(70,71)72)14-16-54(30,7)29(27)15-17-55(28,33)8)78-51-45(68)46(38(61)25(6)76-51)80-52-47(81-49-43(66)40(63)35(58)22(3)74-49)39(62)32(20-73-52)79-53-48(42(65)37(60)24(5)77-53)82-50-44(67)41(64)36(59)23(4)75-50/h10,15,22-28,30-53,57-69H,11-14,16-20H2,1-9H3,(H,70,71,72)/t22-,23-,24-,25-,26+,27?,28?,30?,31+,32-,33+,34+,35-,36+,37-,38-,39+,40+,41+,42+,43-,44-,45-,46+,47-,48-,49+,50+,51+,52+,53+,54-,55+,56-/m1/s1. The molecule has 4 aliphatic carbocycles. The predicted octanol–water partition coefficient (Wildman–Crippen LogP) is -1.94. The third kappa shape index (κ3) is 12.9. The number of allylic oxidation sites excluding steroid dienone is 3. The van der Waals surface area contributed by atoms with Crippen LogP contribution in [0.4, 0.5) is 0 Å². The van der Waals surface area contributed by atoms with Gasteiger partial charge in [0.1, 0.15) is 91.6 Å². The quantitative estimate of drug-likeness (QED) is 0.0591. The second-order valence-corrected chi connectivity index (χ2v) is 27.3. The van der Waals surface area contributed by atoms with E-state index in [2.05, 4.69) is 19.9 Å². The van der Waals surface area contributed by atoms with Crippen LogP contribution >= 0.6 is 0 Å². The average Bonchev–Trinajstić information content (AvgIpc) is 1.36. The van der Waals surface area contributed by atoms with Crippen molar-refractivity contribution in [2.24, 2.45) is 34.5 Å². The molecule has 3 saturated carbocycles. The molecule has 484 valence electrons. The van der Waals surface area contributed by atoms with Gasteiger partial charge in [0.25, 0.3) is 0 Å². The van der Waals surface area contributed by atoms with Crippen molar-refractivity contribution in [1.29, 1.82) is 0 Å². The minimum atomic E-state index is -4.87. The van der Waals surface area contributed by atoms with Gasteiger partial charge in [-0.15, -0.1) is 0 Å². The number of hydrogen-bond acceptors (Lipinski definition) is 26. The summed E-state index contributed by atoms with van der Waals surface area (Å²) in [6, 6.07) is 0. The molecule has 28 heteroatoms. The third-order valence-corrected chi connectivity index (χ3v) is 21.0. The van der Waals surface area contributed by atoms with E-state index in [0.717, 1.165) is 11.1 Å². The van der Waals surface area contributed by atoms with Crippen LogP contribution in [0.25, 0.3) is 0 Å². The minimum absolute atomic E-state index is 0.0113. The molecular weight excluding hydrogens is 1140 g/mol. The maximum Gasteiger partial charge on any atom is 0.397 e. The van der Waals surface area contributed by atoms with Gasteiger partial charge in [-0.3, -0.25) is 4.55 Å². The highest BCUT2D eigenvalue weighted by atomic mass is 32.3. The summed E-state index contributed by atoms with van der Waals surface area (Å²) >= 11 is 0. The van der Waals surface area contributed by atoms with E-state index in [1.807, 2.05) is 19.9 Å². The number of fused-ring (bicyclic) bond motifs is 5. The van der Waals surface area contributed by atoms with Crippen LogP contribution < -0.4 is 0 Å². The molecule has 0 bridgehead atoms. The van der Waals surface area contributed by atoms with Gasteiger partial charge < -0.3 is 114 Å². The lowest BCUT2D eigenvalue weighted by molar-refractivity contribution is -0.397. The maximum atomic E-state index is 12.4. The van der Waals surface area contributed by atoms with E-state index in [0.29, 0.717) is 32.1 Å². The molecule has 5 heterocycles. The summed E-state index contributed by atoms with van der Waals surface area (Å²) in [4.78, 5) is 0. The molecule has 34 atom stereocenters. The fourth-order valence-corrected chi connectivity index (χ4v) is 15.9. The van der Waals surface area contributed by atoms with Gasteiger partial charge in [-0.25, -0.2) is 4.18 Å². The molecule has 84 heavy (non-hydrogen) atoms. The molecule has 8 fully saturated rings. The fourth-order valence-electron chi connectivity index (χ4n) is 15.4. The van der Waals surface area contributed by atoms with Gasteiger partial charge in [0.15, 0.2) is 31.5 Å². The number of rotatable bonds is 16. The topological polar surface area (TPSA) is 419 Å². The van der Waals surface area contributed by atoms with Crippen LogP contribution in [-0.2, 0) is 62.0 Å². The van der Waals surface area contributed by atoms with Gasteiger partial charge in [0.2, 0.25) is 0 Å². The van der Waals surface area contributed by atoms with Gasteiger partial charge in [-0.05, 0) is 134 Å². The SMILES string of the molecule is CC(C)=CC[C@H](O)[C@](C)(O)[C@H]1CCC2C3C[C@H](O[C@@H]4O[C@H](C)[C@@H](O)[C@H](O[C@@H]5OC[C@@H](O[C@@H]6O[C@H](C)[C@@H](O)[C@H](O)[C@H]6O[C@@H]6O[C@H](C)[C@H](O)[C@H](O)[C@H]6O)[C@H](O)[C@H]5O[C@@H]5O[C@H](C)[C@@H](O)[C@H](O)[C@H]5O)[C@H]4O)C4C[C@@H](OS(=O)(=O)O)CC[C@]4(C)C3=CC[C@@]21C. The molecule has 14 N–H and O–H groups in total. The normalized spacial score (nSPS) is 52.0. The summed E-state index contributed by atoms with van der Waals surface area (Å²) in [7, 11) is -4.87. The largest absolute Gasteiger partial charge is 0.397 e. The Bertz CT molecular complexity index is 2420. The molecule has 27 nitrogen and oxygen atoms in total. The van der Waals surface area contributed by atoms with Gasteiger partial charge in [0.05, 0.1) is 54.9 Å². The summed E-state index contributed by atoms with van der Waals surface area (Å²) in [6.45, 7) is 14.9. The van der Waals surface area contributed by atoms with Crippen molar-refractivity contribution >= 4 is 10.4 Å². The summed E-state index contributed by atoms with van der Waals surface area (Å²) < 4.78 is 101. The number of ether oxygens (including phenoxy) is 10. The molecule has 0 amide bonds. The van der Waals surface area contributed by atoms with Crippen LogP contribution in [-0.4, -0.2) is 257 Å². The van der Waals surface area contributed by atoms with Crippen molar-refractivity contribution in [3.05, 3.63) is 23.3 Å². The highest BCUT2D eigenvalue weighted by molar-refractivity contribution is 7.80. The number of aliphatic hydroxyl groups excluding tert-OH is 12. The van der Waals surface area contributed by atoms with Crippen LogP contribution in [0, 0.1) is 34.5 Å². The molecular formula is C56H92O27S. The second-order valence-electron chi connectivity index (χ2n) is 26.2. The van der Waals surface area contributed by atoms with Gasteiger partial charge >= 0.3 is 10.4 Å². The molecule has 0 aromatic heterocycles. The van der Waals surface area contributed by atoms with Crippen LogP contribution in [0.1, 0.15) is 114 Å². The molecule has 0 radical (unpaired) electrons. The number of hydrogen-bond donors (Lipinski definition) is 14. The minimum Gasteiger partial charge on any atom is -0.390 e. The Labute approximate surface area is 489 Å². The zero-order valence-electron chi connectivity index (χ0n) is 48.9. The first-order valence-electron chi connectivity index (χ1n) is 29.6. The third-order valence-electron chi connectivity index (χ3n) is 20.4. The lowest BCUT2D eigenvalue weighted by Gasteiger charge is -2.60. The van der Waals surface area contributed by atoms with Gasteiger partial charge in [-0.2, -0.15) is 8.42 Å². The molecule has 9 aliphatic rings. The van der Waals surface area contributed by atoms with E-state index in [-0.39, 0.29) is 37.0 Å². The van der Waals surface area contributed by atoms with Crippen molar-refractivity contribution in [1.82, 2.24) is 0 Å². The van der Waals surface area contributed by atoms with E-state index in [1.165, 1.54) is 27.7 Å². The number of aliphatic hydroxyl groups is 13. The Morgan fingerprint density at radius 2 is 1.14 bits per heavy atom. The first kappa shape index (κ1) is 66.8. The summed E-state index contributed by atoms with van der Waals surface area (Å²) in [5.41, 5.74) is -0.400. The van der Waals surface area contributed by atoms with Crippen molar-refractivity contribution in [3.63, 3.8) is 0 Å². The van der Waals surface area contributed by atoms with Crippen LogP contribution in [0.2, 0.25) is 0 Å². The lowest BCUT2D eigenvalue weighted by Crippen LogP contribution is -2.66. The van der Waals surface area contributed by atoms with Crippen LogP contribution in [0.15, 0.2) is 23.3 Å². The van der Waals surface area contributed by atoms with E-state index < -0.39 is 205 Å². The molecule has 3 unspecified atom stereocenters. The Balaban J connectivity index is 0.981. The van der Waals surface area contributed by atoms with Crippen molar-refractivity contribution in [2.75, 3.05) is 6.61 Å². The predicted molar refractivity (Wildman–Crippen MR) is 285 cm³/mol. The van der Waals surface area contributed by atoms with Crippen molar-refractivity contribution in [3.8, 4) is 0 Å². The highest BCUT2D eigenvalue weighted by Gasteiger charge is 2.64.